The van der Waals surface area contributed by atoms with Crippen LogP contribution >= 0.6 is 0 Å². The van der Waals surface area contributed by atoms with E-state index >= 15 is 0 Å². The molecule has 1 rings (SSSR count). The Balaban J connectivity index is 2.69. The lowest BCUT2D eigenvalue weighted by Gasteiger charge is -2.03. The van der Waals surface area contributed by atoms with Crippen LogP contribution in [0.2, 0.25) is 0 Å². The molecule has 0 aliphatic rings. The maximum Gasteiger partial charge on any atom is 0.244 e. The molecule has 0 spiro atoms. The molecule has 0 aliphatic carbocycles. The molecule has 0 fully saturated rings. The molecular formula is C12H15NO4S. The SMILES string of the molecule is C[C@H](O)CNC(=O)/C=C/S(=O)(=O)c1ccccc1. The number of benzene rings is 1. The summed E-state index contributed by atoms with van der Waals surface area (Å²) in [5, 5.41) is 12.2. The number of hydrogen-bond donors (Lipinski definition) is 2. The molecule has 18 heavy (non-hydrogen) atoms. The van der Waals surface area contributed by atoms with Gasteiger partial charge in [-0.25, -0.2) is 8.42 Å². The summed E-state index contributed by atoms with van der Waals surface area (Å²) in [5.41, 5.74) is 0. The van der Waals surface area contributed by atoms with Gasteiger partial charge in [-0.2, -0.15) is 0 Å². The zero-order chi connectivity index (χ0) is 13.6. The van der Waals surface area contributed by atoms with Crippen molar-refractivity contribution >= 4 is 15.7 Å². The number of rotatable bonds is 5. The maximum atomic E-state index is 11.8. The Morgan fingerprint density at radius 1 is 1.39 bits per heavy atom. The molecule has 0 bridgehead atoms. The number of aliphatic hydroxyl groups excluding tert-OH is 1. The number of hydrogen-bond acceptors (Lipinski definition) is 4. The van der Waals surface area contributed by atoms with Gasteiger partial charge < -0.3 is 10.4 Å². The van der Waals surface area contributed by atoms with Gasteiger partial charge in [-0.1, -0.05) is 18.2 Å². The first-order chi connectivity index (χ1) is 8.42. The first-order valence-electron chi connectivity index (χ1n) is 5.36. The van der Waals surface area contributed by atoms with E-state index in [-0.39, 0.29) is 11.4 Å². The lowest BCUT2D eigenvalue weighted by Crippen LogP contribution is -2.29. The lowest BCUT2D eigenvalue weighted by molar-refractivity contribution is -0.116. The average Bonchev–Trinajstić information content (AvgIpc) is 2.35. The first kappa shape index (κ1) is 14.4. The van der Waals surface area contributed by atoms with Crippen molar-refractivity contribution in [3.8, 4) is 0 Å². The highest BCUT2D eigenvalue weighted by Crippen LogP contribution is 2.10. The van der Waals surface area contributed by atoms with Gasteiger partial charge in [0.25, 0.3) is 0 Å². The molecule has 0 unspecified atom stereocenters. The highest BCUT2D eigenvalue weighted by molar-refractivity contribution is 7.94. The quantitative estimate of drug-likeness (QED) is 0.761. The van der Waals surface area contributed by atoms with Gasteiger partial charge in [0.15, 0.2) is 9.84 Å². The van der Waals surface area contributed by atoms with E-state index in [1.54, 1.807) is 18.2 Å². The average molecular weight is 269 g/mol. The summed E-state index contributed by atoms with van der Waals surface area (Å²) < 4.78 is 23.5. The van der Waals surface area contributed by atoms with Crippen LogP contribution in [0.5, 0.6) is 0 Å². The van der Waals surface area contributed by atoms with E-state index in [0.717, 1.165) is 11.5 Å². The van der Waals surface area contributed by atoms with Crippen molar-refractivity contribution in [2.45, 2.75) is 17.9 Å². The van der Waals surface area contributed by atoms with Crippen molar-refractivity contribution in [1.82, 2.24) is 5.32 Å². The molecule has 1 amide bonds. The van der Waals surface area contributed by atoms with Crippen LogP contribution in [0.15, 0.2) is 46.7 Å². The van der Waals surface area contributed by atoms with Crippen molar-refractivity contribution in [3.63, 3.8) is 0 Å². The minimum absolute atomic E-state index is 0.0779. The van der Waals surface area contributed by atoms with Crippen molar-refractivity contribution < 1.29 is 18.3 Å². The summed E-state index contributed by atoms with van der Waals surface area (Å²) in [6, 6.07) is 7.82. The van der Waals surface area contributed by atoms with Gasteiger partial charge in [-0.3, -0.25) is 4.79 Å². The van der Waals surface area contributed by atoms with Gasteiger partial charge in [0.05, 0.1) is 11.0 Å². The van der Waals surface area contributed by atoms with E-state index < -0.39 is 21.8 Å². The maximum absolute atomic E-state index is 11.8. The van der Waals surface area contributed by atoms with Crippen LogP contribution in [-0.4, -0.2) is 32.1 Å². The third-order valence-corrected chi connectivity index (χ3v) is 3.47. The Hall–Kier alpha value is -1.66. The molecule has 1 aromatic rings. The highest BCUT2D eigenvalue weighted by atomic mass is 32.2. The summed E-state index contributed by atoms with van der Waals surface area (Å²) in [5.74, 6) is -0.560. The number of carbonyl (C=O) groups is 1. The van der Waals surface area contributed by atoms with E-state index in [1.807, 2.05) is 0 Å². The molecule has 5 nitrogen and oxygen atoms in total. The zero-order valence-corrected chi connectivity index (χ0v) is 10.7. The van der Waals surface area contributed by atoms with Crippen LogP contribution in [0.1, 0.15) is 6.92 Å². The van der Waals surface area contributed by atoms with E-state index in [9.17, 15) is 13.2 Å². The normalized spacial score (nSPS) is 13.4. The summed E-state index contributed by atoms with van der Waals surface area (Å²) in [4.78, 5) is 11.4. The molecule has 2 N–H and O–H groups in total. The van der Waals surface area contributed by atoms with Crippen molar-refractivity contribution in [1.29, 1.82) is 0 Å². The Morgan fingerprint density at radius 2 is 2.00 bits per heavy atom. The number of carbonyl (C=O) groups excluding carboxylic acids is 1. The van der Waals surface area contributed by atoms with E-state index in [0.29, 0.717) is 0 Å². The van der Waals surface area contributed by atoms with Gasteiger partial charge in [0.2, 0.25) is 5.91 Å². The molecular weight excluding hydrogens is 254 g/mol. The number of sulfone groups is 1. The second kappa shape index (κ2) is 6.32. The zero-order valence-electron chi connectivity index (χ0n) is 9.91. The van der Waals surface area contributed by atoms with Crippen LogP contribution < -0.4 is 5.32 Å². The van der Waals surface area contributed by atoms with Gasteiger partial charge in [-0.05, 0) is 19.1 Å². The summed E-state index contributed by atoms with van der Waals surface area (Å²) in [6.45, 7) is 1.60. The predicted octanol–water partition coefficient (Wildman–Crippen LogP) is 0.471. The fourth-order valence-electron chi connectivity index (χ4n) is 1.15. The van der Waals surface area contributed by atoms with Gasteiger partial charge >= 0.3 is 0 Å². The highest BCUT2D eigenvalue weighted by Gasteiger charge is 2.09. The molecule has 0 saturated heterocycles. The van der Waals surface area contributed by atoms with Crippen LogP contribution in [0.25, 0.3) is 0 Å². The predicted molar refractivity (Wildman–Crippen MR) is 67.5 cm³/mol. The summed E-state index contributed by atoms with van der Waals surface area (Å²) in [7, 11) is -3.60. The molecule has 0 radical (unpaired) electrons. The molecule has 0 aliphatic heterocycles. The fraction of sp³-hybridized carbons (Fsp3) is 0.250. The summed E-state index contributed by atoms with van der Waals surface area (Å²) in [6.07, 6.45) is 0.262. The van der Waals surface area contributed by atoms with Gasteiger partial charge in [-0.15, -0.1) is 0 Å². The molecule has 0 heterocycles. The summed E-state index contributed by atoms with van der Waals surface area (Å²) >= 11 is 0. The van der Waals surface area contributed by atoms with Crippen LogP contribution in [0.4, 0.5) is 0 Å². The fourth-order valence-corrected chi connectivity index (χ4v) is 2.14. The molecule has 1 aromatic carbocycles. The topological polar surface area (TPSA) is 83.5 Å². The number of aliphatic hydroxyl groups is 1. The molecule has 6 heteroatoms. The molecule has 98 valence electrons. The van der Waals surface area contributed by atoms with Gasteiger partial charge in [0.1, 0.15) is 0 Å². The second-order valence-corrected chi connectivity index (χ2v) is 5.59. The van der Waals surface area contributed by atoms with E-state index in [4.69, 9.17) is 5.11 Å². The van der Waals surface area contributed by atoms with Gasteiger partial charge in [0, 0.05) is 18.0 Å². The molecule has 0 saturated carbocycles. The smallest absolute Gasteiger partial charge is 0.244 e. The Labute approximate surface area is 106 Å². The Morgan fingerprint density at radius 3 is 2.56 bits per heavy atom. The van der Waals surface area contributed by atoms with Crippen LogP contribution in [-0.2, 0) is 14.6 Å². The standard InChI is InChI=1S/C12H15NO4S/c1-10(14)9-13-12(15)7-8-18(16,17)11-5-3-2-4-6-11/h2-8,10,14H,9H2,1H3,(H,13,15)/b8-7+/t10-/m0/s1. The third kappa shape index (κ3) is 4.68. The van der Waals surface area contributed by atoms with E-state index in [1.165, 1.54) is 19.1 Å². The second-order valence-electron chi connectivity index (χ2n) is 3.75. The van der Waals surface area contributed by atoms with Crippen LogP contribution in [0, 0.1) is 0 Å². The van der Waals surface area contributed by atoms with Crippen molar-refractivity contribution in [2.24, 2.45) is 0 Å². The minimum Gasteiger partial charge on any atom is -0.392 e. The Kier molecular flexibility index (Phi) is 5.06. The number of nitrogens with one attached hydrogen (secondary N) is 1. The largest absolute Gasteiger partial charge is 0.392 e. The minimum atomic E-state index is -3.60. The Bertz CT molecular complexity index is 520. The first-order valence-corrected chi connectivity index (χ1v) is 6.90. The van der Waals surface area contributed by atoms with Crippen molar-refractivity contribution in [2.75, 3.05) is 6.54 Å². The molecule has 1 atom stereocenters. The third-order valence-electron chi connectivity index (χ3n) is 2.04. The van der Waals surface area contributed by atoms with E-state index in [2.05, 4.69) is 5.32 Å². The van der Waals surface area contributed by atoms with Crippen LogP contribution in [0.3, 0.4) is 0 Å². The monoisotopic (exact) mass is 269 g/mol. The molecule has 0 aromatic heterocycles. The number of amides is 1. The lowest BCUT2D eigenvalue weighted by atomic mass is 10.4. The van der Waals surface area contributed by atoms with Crippen molar-refractivity contribution in [3.05, 3.63) is 41.8 Å².